The van der Waals surface area contributed by atoms with E-state index in [-0.39, 0.29) is 36.4 Å². The number of aliphatic hydroxyl groups is 2. The zero-order valence-corrected chi connectivity index (χ0v) is 30.4. The van der Waals surface area contributed by atoms with E-state index in [4.69, 9.17) is 26.8 Å². The molecular weight excluding hydrogens is 744 g/mol. The van der Waals surface area contributed by atoms with Gasteiger partial charge in [0.25, 0.3) is 0 Å². The van der Waals surface area contributed by atoms with Crippen molar-refractivity contribution < 1.29 is 19.0 Å². The Morgan fingerprint density at radius 1 is 0.732 bits per heavy atom. The lowest BCUT2D eigenvalue weighted by molar-refractivity contribution is 0.269. The second kappa shape index (κ2) is 15.7. The Balaban J connectivity index is 0.000000158. The van der Waals surface area contributed by atoms with Gasteiger partial charge in [-0.2, -0.15) is 10.2 Å². The fourth-order valence-corrected chi connectivity index (χ4v) is 6.38. The molecule has 0 spiro atoms. The first-order valence-electron chi connectivity index (χ1n) is 17.5. The van der Waals surface area contributed by atoms with Gasteiger partial charge in [-0.1, -0.05) is 34.2 Å². The predicted molar refractivity (Wildman–Crippen MR) is 203 cm³/mol. The van der Waals surface area contributed by atoms with Crippen LogP contribution in [0.3, 0.4) is 0 Å². The van der Waals surface area contributed by atoms with Crippen molar-refractivity contribution in [2.24, 2.45) is 0 Å². The molecular formula is C38H32ClF2N13O2. The van der Waals surface area contributed by atoms with Crippen molar-refractivity contribution in [3.63, 3.8) is 0 Å². The zero-order valence-electron chi connectivity index (χ0n) is 29.7. The van der Waals surface area contributed by atoms with Crippen LogP contribution in [0, 0.1) is 11.6 Å². The number of fused-ring (bicyclic) bond motifs is 3. The molecule has 0 fully saturated rings. The van der Waals surface area contributed by atoms with Crippen LogP contribution < -0.4 is 0 Å². The van der Waals surface area contributed by atoms with Crippen molar-refractivity contribution in [3.8, 4) is 22.5 Å². The Hall–Kier alpha value is -6.56. The van der Waals surface area contributed by atoms with Crippen LogP contribution in [-0.4, -0.2) is 87.9 Å². The quantitative estimate of drug-likeness (QED) is 0.168. The Bertz CT molecular complexity index is 2820. The molecule has 0 aliphatic carbocycles. The van der Waals surface area contributed by atoms with Crippen molar-refractivity contribution in [1.82, 2.24) is 64.5 Å². The average Bonchev–Trinajstić information content (AvgIpc) is 4.05. The van der Waals surface area contributed by atoms with Gasteiger partial charge in [-0.15, -0.1) is 10.2 Å². The Labute approximate surface area is 321 Å². The maximum atomic E-state index is 14.1. The molecule has 1 atom stereocenters. The molecule has 0 amide bonds. The molecule has 0 bridgehead atoms. The smallest absolute Gasteiger partial charge is 0.179 e. The van der Waals surface area contributed by atoms with Crippen molar-refractivity contribution in [1.29, 1.82) is 0 Å². The van der Waals surface area contributed by atoms with E-state index in [0.717, 1.165) is 56.6 Å². The number of halogens is 3. The van der Waals surface area contributed by atoms with Crippen molar-refractivity contribution in [2.75, 3.05) is 13.2 Å². The second-order valence-electron chi connectivity index (χ2n) is 12.7. The average molecular weight is 776 g/mol. The lowest BCUT2D eigenvalue weighted by Crippen LogP contribution is -2.09. The van der Waals surface area contributed by atoms with Crippen LogP contribution in [0.1, 0.15) is 24.1 Å². The van der Waals surface area contributed by atoms with Crippen LogP contribution in [0.15, 0.2) is 97.7 Å². The van der Waals surface area contributed by atoms with E-state index in [2.05, 4.69) is 65.9 Å². The fourth-order valence-electron chi connectivity index (χ4n) is 6.17. The molecule has 9 rings (SSSR count). The highest BCUT2D eigenvalue weighted by Crippen LogP contribution is 2.27. The number of aliphatic hydroxyl groups excluding tert-OH is 2. The number of hydrogen-bond acceptors (Lipinski definition) is 11. The summed E-state index contributed by atoms with van der Waals surface area (Å²) in [6.45, 7) is 2.82. The Morgan fingerprint density at radius 3 is 2.05 bits per heavy atom. The van der Waals surface area contributed by atoms with E-state index in [9.17, 15) is 8.78 Å². The van der Waals surface area contributed by atoms with E-state index in [1.165, 1.54) is 4.68 Å². The van der Waals surface area contributed by atoms with Gasteiger partial charge in [0.2, 0.25) is 0 Å². The maximum Gasteiger partial charge on any atom is 0.179 e. The van der Waals surface area contributed by atoms with Crippen LogP contribution >= 0.6 is 11.6 Å². The fraction of sp³-hybridized carbons (Fsp3) is 0.184. The number of nitrogens with zero attached hydrogens (tertiary/aromatic N) is 13. The van der Waals surface area contributed by atoms with Crippen LogP contribution in [-0.2, 0) is 19.6 Å². The Kier molecular flexibility index (Phi) is 10.2. The minimum absolute atomic E-state index is 0.0218. The summed E-state index contributed by atoms with van der Waals surface area (Å²) in [5, 5.41) is 43.9. The monoisotopic (exact) mass is 775 g/mol. The van der Waals surface area contributed by atoms with Crippen LogP contribution in [0.5, 0.6) is 0 Å². The molecule has 9 aromatic rings. The molecule has 0 saturated carbocycles. The first-order chi connectivity index (χ1) is 27.3. The molecule has 7 heterocycles. The van der Waals surface area contributed by atoms with Crippen LogP contribution in [0.2, 0.25) is 5.02 Å². The standard InChI is InChI=1S/C21H19N7O.C17H13ClF2N6O/c1-14(15-4-5-18-16(11-15)3-2-8-22-18)28-21-20(25-26-28)7-6-19(24-21)17-12-23-27(13-17)9-10-29;18-16-11(12(19)1-2-13(16)20)9-26-17-15(23-24-26)4-3-14(22-17)10-7-21-25(8-10)5-6-27/h2-8,11-14,29H,9-10H2,1H3;1-4,7-8,27H,5-6,9H2. The lowest BCUT2D eigenvalue weighted by Gasteiger charge is -2.13. The summed E-state index contributed by atoms with van der Waals surface area (Å²) in [6, 6.07) is 19.5. The largest absolute Gasteiger partial charge is 0.394 e. The van der Waals surface area contributed by atoms with Gasteiger partial charge in [0.15, 0.2) is 11.3 Å². The molecule has 0 radical (unpaired) electrons. The first kappa shape index (κ1) is 36.4. The zero-order chi connectivity index (χ0) is 38.8. The number of pyridine rings is 3. The maximum absolute atomic E-state index is 14.1. The first-order valence-corrected chi connectivity index (χ1v) is 17.8. The molecule has 7 aromatic heterocycles. The normalized spacial score (nSPS) is 12.0. The summed E-state index contributed by atoms with van der Waals surface area (Å²) in [6.07, 6.45) is 8.79. The van der Waals surface area contributed by atoms with Crippen molar-refractivity contribution in [3.05, 3.63) is 125 Å². The summed E-state index contributed by atoms with van der Waals surface area (Å²) < 4.78 is 34.2. The van der Waals surface area contributed by atoms with Crippen LogP contribution in [0.25, 0.3) is 55.7 Å². The van der Waals surface area contributed by atoms with Gasteiger partial charge in [-0.3, -0.25) is 14.3 Å². The van der Waals surface area contributed by atoms with Crippen LogP contribution in [0.4, 0.5) is 8.78 Å². The van der Waals surface area contributed by atoms with Gasteiger partial charge in [0.05, 0.1) is 73.2 Å². The highest BCUT2D eigenvalue weighted by molar-refractivity contribution is 6.31. The predicted octanol–water partition coefficient (Wildman–Crippen LogP) is 5.50. The number of aromatic nitrogens is 13. The van der Waals surface area contributed by atoms with Crippen molar-refractivity contribution in [2.45, 2.75) is 32.6 Å². The number of hydrogen-bond donors (Lipinski definition) is 2. The van der Waals surface area contributed by atoms with E-state index in [0.29, 0.717) is 29.9 Å². The lowest BCUT2D eigenvalue weighted by atomic mass is 10.1. The van der Waals surface area contributed by atoms with Gasteiger partial charge < -0.3 is 10.2 Å². The van der Waals surface area contributed by atoms with E-state index in [1.54, 1.807) is 46.3 Å². The molecule has 0 aliphatic rings. The molecule has 1 unspecified atom stereocenters. The van der Waals surface area contributed by atoms with Gasteiger partial charge in [-0.05, 0) is 67.1 Å². The van der Waals surface area contributed by atoms with E-state index >= 15 is 0 Å². The third kappa shape index (κ3) is 7.29. The minimum Gasteiger partial charge on any atom is -0.394 e. The van der Waals surface area contributed by atoms with Gasteiger partial charge in [0, 0.05) is 40.7 Å². The number of rotatable bonds is 10. The van der Waals surface area contributed by atoms with Gasteiger partial charge >= 0.3 is 0 Å². The highest BCUT2D eigenvalue weighted by atomic mass is 35.5. The second-order valence-corrected chi connectivity index (χ2v) is 13.1. The summed E-state index contributed by atoms with van der Waals surface area (Å²) >= 11 is 5.90. The molecule has 56 heavy (non-hydrogen) atoms. The minimum atomic E-state index is -0.706. The summed E-state index contributed by atoms with van der Waals surface area (Å²) in [4.78, 5) is 13.7. The molecule has 15 nitrogen and oxygen atoms in total. The van der Waals surface area contributed by atoms with E-state index in [1.807, 2.05) is 35.1 Å². The third-order valence-corrected chi connectivity index (χ3v) is 9.53. The molecule has 0 aliphatic heterocycles. The topological polar surface area (TPSA) is 176 Å². The SMILES string of the molecule is CC(c1ccc2ncccc2c1)n1nnc2ccc(-c3cnn(CCO)c3)nc21.OCCn1cc(-c2ccc3nnn(Cc4c(F)ccc(F)c4Cl)c3n2)cn1. The molecule has 0 saturated heterocycles. The summed E-state index contributed by atoms with van der Waals surface area (Å²) in [7, 11) is 0. The summed E-state index contributed by atoms with van der Waals surface area (Å²) in [5.41, 5.74) is 7.46. The molecule has 282 valence electrons. The molecule has 2 aromatic carbocycles. The third-order valence-electron chi connectivity index (χ3n) is 9.12. The van der Waals surface area contributed by atoms with Gasteiger partial charge in [0.1, 0.15) is 22.7 Å². The van der Waals surface area contributed by atoms with Crippen molar-refractivity contribution >= 4 is 44.8 Å². The molecule has 2 N–H and O–H groups in total. The van der Waals surface area contributed by atoms with Gasteiger partial charge in [-0.25, -0.2) is 28.1 Å². The van der Waals surface area contributed by atoms with E-state index < -0.39 is 11.6 Å². The molecule has 18 heteroatoms. The highest BCUT2D eigenvalue weighted by Gasteiger charge is 2.18. The number of benzene rings is 2. The summed E-state index contributed by atoms with van der Waals surface area (Å²) in [5.74, 6) is -1.34. The Morgan fingerprint density at radius 2 is 1.36 bits per heavy atom.